The van der Waals surface area contributed by atoms with Crippen LogP contribution < -0.4 is 5.73 Å². The Hall–Kier alpha value is -1.02. The predicted molar refractivity (Wildman–Crippen MR) is 78.2 cm³/mol. The van der Waals surface area contributed by atoms with Crippen LogP contribution in [0.4, 0.5) is 0 Å². The van der Waals surface area contributed by atoms with E-state index in [0.717, 1.165) is 18.4 Å². The van der Waals surface area contributed by atoms with Crippen molar-refractivity contribution in [3.8, 4) is 0 Å². The van der Waals surface area contributed by atoms with Gasteiger partial charge >= 0.3 is 0 Å². The third-order valence-electron chi connectivity index (χ3n) is 2.96. The standard InChI is InChI=1S/C15H15Cl2N/c16-13-8-7-12(10-14(13)17)15(18)9-6-11-4-2-1-3-5-11/h1-5,7-8,10,15H,6,9,18H2/t15-/m1/s1. The summed E-state index contributed by atoms with van der Waals surface area (Å²) in [4.78, 5) is 0. The average molecular weight is 280 g/mol. The van der Waals surface area contributed by atoms with Gasteiger partial charge in [-0.05, 0) is 36.1 Å². The first-order chi connectivity index (χ1) is 8.66. The predicted octanol–water partition coefficient (Wildman–Crippen LogP) is 4.63. The summed E-state index contributed by atoms with van der Waals surface area (Å²) in [5.74, 6) is 0. The third-order valence-corrected chi connectivity index (χ3v) is 3.70. The van der Waals surface area contributed by atoms with Crippen LogP contribution in [0.2, 0.25) is 10.0 Å². The lowest BCUT2D eigenvalue weighted by atomic mass is 10.00. The lowest BCUT2D eigenvalue weighted by molar-refractivity contribution is 0.651. The SMILES string of the molecule is N[C@H](CCc1ccccc1)c1ccc(Cl)c(Cl)c1. The topological polar surface area (TPSA) is 26.0 Å². The molecule has 0 aromatic heterocycles. The largest absolute Gasteiger partial charge is 0.324 e. The van der Waals surface area contributed by atoms with Crippen LogP contribution in [-0.4, -0.2) is 0 Å². The molecule has 0 aliphatic rings. The fourth-order valence-corrected chi connectivity index (χ4v) is 2.18. The maximum absolute atomic E-state index is 6.16. The molecule has 0 unspecified atom stereocenters. The van der Waals surface area contributed by atoms with Crippen LogP contribution in [0.15, 0.2) is 48.5 Å². The molecule has 2 aromatic carbocycles. The highest BCUT2D eigenvalue weighted by Crippen LogP contribution is 2.26. The smallest absolute Gasteiger partial charge is 0.0595 e. The fraction of sp³-hybridized carbons (Fsp3) is 0.200. The van der Waals surface area contributed by atoms with Gasteiger partial charge in [0.25, 0.3) is 0 Å². The molecule has 0 heterocycles. The van der Waals surface area contributed by atoms with Crippen molar-refractivity contribution < 1.29 is 0 Å². The van der Waals surface area contributed by atoms with Crippen molar-refractivity contribution in [2.75, 3.05) is 0 Å². The van der Waals surface area contributed by atoms with Crippen molar-refractivity contribution in [3.63, 3.8) is 0 Å². The second kappa shape index (κ2) is 6.24. The summed E-state index contributed by atoms with van der Waals surface area (Å²) in [6, 6.07) is 15.9. The molecule has 3 heteroatoms. The normalized spacial score (nSPS) is 12.4. The molecule has 0 spiro atoms. The zero-order valence-corrected chi connectivity index (χ0v) is 11.5. The van der Waals surface area contributed by atoms with Crippen LogP contribution in [0, 0.1) is 0 Å². The fourth-order valence-electron chi connectivity index (χ4n) is 1.88. The number of rotatable bonds is 4. The van der Waals surface area contributed by atoms with Gasteiger partial charge in [-0.3, -0.25) is 0 Å². The average Bonchev–Trinajstić information content (AvgIpc) is 2.40. The molecule has 2 N–H and O–H groups in total. The van der Waals surface area contributed by atoms with Gasteiger partial charge < -0.3 is 5.73 Å². The highest BCUT2D eigenvalue weighted by atomic mass is 35.5. The molecule has 94 valence electrons. The van der Waals surface area contributed by atoms with E-state index in [1.54, 1.807) is 6.07 Å². The maximum Gasteiger partial charge on any atom is 0.0595 e. The first-order valence-electron chi connectivity index (χ1n) is 5.91. The number of nitrogens with two attached hydrogens (primary N) is 1. The van der Waals surface area contributed by atoms with Crippen molar-refractivity contribution in [2.24, 2.45) is 5.73 Å². The van der Waals surface area contributed by atoms with Crippen molar-refractivity contribution in [3.05, 3.63) is 69.7 Å². The van der Waals surface area contributed by atoms with Gasteiger partial charge in [-0.2, -0.15) is 0 Å². The first-order valence-corrected chi connectivity index (χ1v) is 6.67. The number of benzene rings is 2. The van der Waals surface area contributed by atoms with E-state index in [0.29, 0.717) is 10.0 Å². The second-order valence-corrected chi connectivity index (χ2v) is 5.12. The van der Waals surface area contributed by atoms with Crippen LogP contribution in [-0.2, 0) is 6.42 Å². The van der Waals surface area contributed by atoms with E-state index >= 15 is 0 Å². The Morgan fingerprint density at radius 2 is 1.67 bits per heavy atom. The summed E-state index contributed by atoms with van der Waals surface area (Å²) >= 11 is 11.9. The molecule has 0 radical (unpaired) electrons. The molecule has 0 fully saturated rings. The Labute approximate surface area is 118 Å². The lowest BCUT2D eigenvalue weighted by Crippen LogP contribution is -2.11. The molecule has 0 saturated heterocycles. The summed E-state index contributed by atoms with van der Waals surface area (Å²) in [7, 11) is 0. The van der Waals surface area contributed by atoms with E-state index < -0.39 is 0 Å². The first kappa shape index (κ1) is 13.4. The molecule has 0 bridgehead atoms. The van der Waals surface area contributed by atoms with Gasteiger partial charge in [0.15, 0.2) is 0 Å². The van der Waals surface area contributed by atoms with Crippen LogP contribution in [0.25, 0.3) is 0 Å². The molecule has 1 atom stereocenters. The van der Waals surface area contributed by atoms with E-state index in [2.05, 4.69) is 12.1 Å². The van der Waals surface area contributed by atoms with Crippen LogP contribution in [0.3, 0.4) is 0 Å². The van der Waals surface area contributed by atoms with Gasteiger partial charge in [0.05, 0.1) is 10.0 Å². The molecule has 0 amide bonds. The summed E-state index contributed by atoms with van der Waals surface area (Å²) in [5.41, 5.74) is 8.49. The van der Waals surface area contributed by atoms with Gasteiger partial charge in [-0.1, -0.05) is 59.6 Å². The minimum Gasteiger partial charge on any atom is -0.324 e. The number of hydrogen-bond donors (Lipinski definition) is 1. The molecule has 1 nitrogen and oxygen atoms in total. The van der Waals surface area contributed by atoms with E-state index in [1.807, 2.05) is 30.3 Å². The minimum atomic E-state index is -0.0139. The van der Waals surface area contributed by atoms with Gasteiger partial charge in [-0.15, -0.1) is 0 Å². The Morgan fingerprint density at radius 1 is 0.944 bits per heavy atom. The Balaban J connectivity index is 1.99. The lowest BCUT2D eigenvalue weighted by Gasteiger charge is -2.12. The van der Waals surface area contributed by atoms with E-state index in [1.165, 1.54) is 5.56 Å². The quantitative estimate of drug-likeness (QED) is 0.868. The molecule has 18 heavy (non-hydrogen) atoms. The molecule has 0 aliphatic heterocycles. The zero-order valence-electron chi connectivity index (χ0n) is 9.94. The maximum atomic E-state index is 6.16. The number of aryl methyl sites for hydroxylation is 1. The van der Waals surface area contributed by atoms with E-state index in [9.17, 15) is 0 Å². The Bertz CT molecular complexity index is 511. The minimum absolute atomic E-state index is 0.0139. The molecular formula is C15H15Cl2N. The molecule has 2 aromatic rings. The van der Waals surface area contributed by atoms with Crippen molar-refractivity contribution in [1.82, 2.24) is 0 Å². The van der Waals surface area contributed by atoms with Crippen molar-refractivity contribution in [2.45, 2.75) is 18.9 Å². The number of halogens is 2. The van der Waals surface area contributed by atoms with Gasteiger partial charge in [0, 0.05) is 6.04 Å². The Morgan fingerprint density at radius 3 is 2.33 bits per heavy atom. The van der Waals surface area contributed by atoms with Crippen LogP contribution in [0.1, 0.15) is 23.6 Å². The van der Waals surface area contributed by atoms with Gasteiger partial charge in [0.2, 0.25) is 0 Å². The highest BCUT2D eigenvalue weighted by Gasteiger charge is 2.08. The van der Waals surface area contributed by atoms with E-state index in [4.69, 9.17) is 28.9 Å². The molecule has 0 aliphatic carbocycles. The van der Waals surface area contributed by atoms with Crippen LogP contribution in [0.5, 0.6) is 0 Å². The zero-order chi connectivity index (χ0) is 13.0. The Kier molecular flexibility index (Phi) is 4.65. The van der Waals surface area contributed by atoms with Crippen molar-refractivity contribution in [1.29, 1.82) is 0 Å². The summed E-state index contributed by atoms with van der Waals surface area (Å²) < 4.78 is 0. The summed E-state index contributed by atoms with van der Waals surface area (Å²) in [5, 5.41) is 1.13. The molecular weight excluding hydrogens is 265 g/mol. The molecule has 0 saturated carbocycles. The summed E-state index contributed by atoms with van der Waals surface area (Å²) in [6.07, 6.45) is 1.85. The third kappa shape index (κ3) is 3.49. The van der Waals surface area contributed by atoms with Gasteiger partial charge in [0.1, 0.15) is 0 Å². The second-order valence-electron chi connectivity index (χ2n) is 4.30. The van der Waals surface area contributed by atoms with Crippen molar-refractivity contribution >= 4 is 23.2 Å². The van der Waals surface area contributed by atoms with E-state index in [-0.39, 0.29) is 6.04 Å². The summed E-state index contributed by atoms with van der Waals surface area (Å²) in [6.45, 7) is 0. The van der Waals surface area contributed by atoms with Gasteiger partial charge in [-0.25, -0.2) is 0 Å². The number of hydrogen-bond acceptors (Lipinski definition) is 1. The highest BCUT2D eigenvalue weighted by molar-refractivity contribution is 6.42. The monoisotopic (exact) mass is 279 g/mol. The molecule has 2 rings (SSSR count). The van der Waals surface area contributed by atoms with Crippen LogP contribution >= 0.6 is 23.2 Å².